The molecule has 1 aliphatic heterocycles. The molecule has 2 heterocycles. The first-order valence-electron chi connectivity index (χ1n) is 7.49. The van der Waals surface area contributed by atoms with Crippen LogP contribution in [-0.2, 0) is 0 Å². The highest BCUT2D eigenvalue weighted by Crippen LogP contribution is 2.47. The molecule has 25 heavy (non-hydrogen) atoms. The van der Waals surface area contributed by atoms with E-state index < -0.39 is 17.4 Å². The number of fused-ring (bicyclic) bond motifs is 3. The summed E-state index contributed by atoms with van der Waals surface area (Å²) in [6, 6.07) is 15.2. The van der Waals surface area contributed by atoms with Crippen molar-refractivity contribution in [2.75, 3.05) is 0 Å². The molecule has 1 aliphatic rings. The molecular formula is C19H11FN2O2S. The third kappa shape index (κ3) is 2.32. The maximum absolute atomic E-state index is 14.4. The highest BCUT2D eigenvalue weighted by atomic mass is 32.2. The molecule has 0 fully saturated rings. The van der Waals surface area contributed by atoms with Crippen molar-refractivity contribution in [3.05, 3.63) is 86.5 Å². The number of nitrogens with two attached hydrogens (primary N) is 1. The van der Waals surface area contributed by atoms with Gasteiger partial charge in [0.1, 0.15) is 11.4 Å². The molecule has 1 atom stereocenters. The van der Waals surface area contributed by atoms with E-state index in [9.17, 15) is 14.4 Å². The molecule has 0 aliphatic carbocycles. The van der Waals surface area contributed by atoms with E-state index in [1.807, 2.05) is 18.2 Å². The monoisotopic (exact) mass is 350 g/mol. The maximum atomic E-state index is 14.4. The zero-order valence-corrected chi connectivity index (χ0v) is 13.6. The zero-order valence-electron chi connectivity index (χ0n) is 12.8. The first-order valence-corrected chi connectivity index (χ1v) is 8.31. The summed E-state index contributed by atoms with van der Waals surface area (Å²) >= 11 is 1.14. The van der Waals surface area contributed by atoms with Gasteiger partial charge < -0.3 is 10.2 Å². The van der Waals surface area contributed by atoms with Gasteiger partial charge in [-0.2, -0.15) is 5.26 Å². The number of halogens is 1. The summed E-state index contributed by atoms with van der Waals surface area (Å²) in [6.45, 7) is 0. The van der Waals surface area contributed by atoms with Crippen molar-refractivity contribution >= 4 is 22.7 Å². The lowest BCUT2D eigenvalue weighted by Gasteiger charge is -2.25. The van der Waals surface area contributed by atoms with E-state index in [0.29, 0.717) is 15.9 Å². The fourth-order valence-electron chi connectivity index (χ4n) is 3.09. The molecule has 1 aromatic heterocycles. The van der Waals surface area contributed by atoms with Gasteiger partial charge in [0.25, 0.3) is 0 Å². The third-order valence-corrected chi connectivity index (χ3v) is 5.27. The normalized spacial score (nSPS) is 16.6. The van der Waals surface area contributed by atoms with Gasteiger partial charge >= 0.3 is 5.63 Å². The molecule has 1 unspecified atom stereocenters. The Balaban J connectivity index is 2.12. The molecule has 122 valence electrons. The lowest BCUT2D eigenvalue weighted by atomic mass is 9.85. The SMILES string of the molecule is N#CC1=C(N)Sc2c(c(=O)oc3ccccc23)C1c1ccccc1F. The lowest BCUT2D eigenvalue weighted by molar-refractivity contribution is 0.538. The number of allylic oxidation sites excluding steroid dienone is 1. The van der Waals surface area contributed by atoms with Crippen LogP contribution < -0.4 is 11.4 Å². The average molecular weight is 350 g/mol. The van der Waals surface area contributed by atoms with E-state index >= 15 is 0 Å². The number of hydrogen-bond donors (Lipinski definition) is 1. The van der Waals surface area contributed by atoms with Crippen molar-refractivity contribution in [1.82, 2.24) is 0 Å². The molecule has 2 N–H and O–H groups in total. The molecule has 0 amide bonds. The van der Waals surface area contributed by atoms with Gasteiger partial charge in [-0.3, -0.25) is 0 Å². The molecule has 0 saturated heterocycles. The Morgan fingerprint density at radius 3 is 2.64 bits per heavy atom. The standard InChI is InChI=1S/C19H11FN2O2S/c20-13-7-3-1-5-10(13)15-12(9-21)18(22)25-17-11-6-2-4-8-14(11)24-19(23)16(15)17/h1-8,15H,22H2. The van der Waals surface area contributed by atoms with Crippen molar-refractivity contribution in [2.45, 2.75) is 10.8 Å². The second-order valence-electron chi connectivity index (χ2n) is 5.57. The van der Waals surface area contributed by atoms with Gasteiger partial charge in [0.2, 0.25) is 0 Å². The van der Waals surface area contributed by atoms with Crippen LogP contribution in [0, 0.1) is 17.1 Å². The Kier molecular flexibility index (Phi) is 3.59. The first kappa shape index (κ1) is 15.5. The summed E-state index contributed by atoms with van der Waals surface area (Å²) < 4.78 is 19.9. The smallest absolute Gasteiger partial charge is 0.341 e. The van der Waals surface area contributed by atoms with E-state index in [-0.39, 0.29) is 21.7 Å². The van der Waals surface area contributed by atoms with Crippen LogP contribution in [0.2, 0.25) is 0 Å². The number of nitriles is 1. The number of para-hydroxylation sites is 1. The molecule has 0 saturated carbocycles. The fourth-order valence-corrected chi connectivity index (χ4v) is 4.17. The van der Waals surface area contributed by atoms with E-state index in [1.54, 1.807) is 30.3 Å². The molecule has 0 radical (unpaired) electrons. The average Bonchev–Trinajstić information content (AvgIpc) is 2.61. The molecule has 0 spiro atoms. The van der Waals surface area contributed by atoms with Crippen LogP contribution in [0.3, 0.4) is 0 Å². The van der Waals surface area contributed by atoms with E-state index in [2.05, 4.69) is 0 Å². The van der Waals surface area contributed by atoms with Crippen LogP contribution in [0.4, 0.5) is 4.39 Å². The Bertz CT molecular complexity index is 1140. The minimum absolute atomic E-state index is 0.158. The molecule has 3 aromatic rings. The lowest BCUT2D eigenvalue weighted by Crippen LogP contribution is -2.23. The second-order valence-corrected chi connectivity index (χ2v) is 6.63. The zero-order chi connectivity index (χ0) is 17.6. The van der Waals surface area contributed by atoms with Crippen molar-refractivity contribution in [3.63, 3.8) is 0 Å². The van der Waals surface area contributed by atoms with Crippen molar-refractivity contribution < 1.29 is 8.81 Å². The van der Waals surface area contributed by atoms with Crippen molar-refractivity contribution in [2.24, 2.45) is 5.73 Å². The summed E-state index contributed by atoms with van der Waals surface area (Å²) in [5.74, 6) is -1.39. The van der Waals surface area contributed by atoms with Gasteiger partial charge in [-0.05, 0) is 12.1 Å². The first-order chi connectivity index (χ1) is 12.1. The van der Waals surface area contributed by atoms with Crippen LogP contribution in [0.5, 0.6) is 0 Å². The summed E-state index contributed by atoms with van der Waals surface area (Å²) in [6.07, 6.45) is 0. The van der Waals surface area contributed by atoms with Gasteiger partial charge in [0.15, 0.2) is 0 Å². The number of rotatable bonds is 1. The summed E-state index contributed by atoms with van der Waals surface area (Å²) in [4.78, 5) is 13.3. The van der Waals surface area contributed by atoms with Gasteiger partial charge in [-0.15, -0.1) is 0 Å². The van der Waals surface area contributed by atoms with Crippen LogP contribution in [0.25, 0.3) is 11.0 Å². The van der Waals surface area contributed by atoms with Gasteiger partial charge in [-0.25, -0.2) is 9.18 Å². The minimum Gasteiger partial charge on any atom is -0.422 e. The van der Waals surface area contributed by atoms with Crippen LogP contribution >= 0.6 is 11.8 Å². The predicted octanol–water partition coefficient (Wildman–Crippen LogP) is 3.86. The number of nitrogens with zero attached hydrogens (tertiary/aromatic N) is 1. The second kappa shape index (κ2) is 5.80. The van der Waals surface area contributed by atoms with E-state index in [4.69, 9.17) is 10.2 Å². The maximum Gasteiger partial charge on any atom is 0.341 e. The molecule has 6 heteroatoms. The summed E-state index contributed by atoms with van der Waals surface area (Å²) in [5.41, 5.74) is 6.56. The fraction of sp³-hybridized carbons (Fsp3) is 0.0526. The topological polar surface area (TPSA) is 80.0 Å². The number of hydrogen-bond acceptors (Lipinski definition) is 5. The van der Waals surface area contributed by atoms with Crippen molar-refractivity contribution in [1.29, 1.82) is 5.26 Å². The molecule has 0 bridgehead atoms. The van der Waals surface area contributed by atoms with Gasteiger partial charge in [0, 0.05) is 15.8 Å². The van der Waals surface area contributed by atoms with Gasteiger partial charge in [-0.1, -0.05) is 48.2 Å². The Labute approximate surface area is 146 Å². The molecule has 4 nitrogen and oxygen atoms in total. The molecular weight excluding hydrogens is 339 g/mol. The Morgan fingerprint density at radius 1 is 1.16 bits per heavy atom. The molecule has 2 aromatic carbocycles. The summed E-state index contributed by atoms with van der Waals surface area (Å²) in [5, 5.41) is 10.5. The highest BCUT2D eigenvalue weighted by Gasteiger charge is 2.35. The number of benzene rings is 2. The van der Waals surface area contributed by atoms with Gasteiger partial charge in [0.05, 0.1) is 28.2 Å². The van der Waals surface area contributed by atoms with Crippen LogP contribution in [-0.4, -0.2) is 0 Å². The highest BCUT2D eigenvalue weighted by molar-refractivity contribution is 8.03. The number of thioether (sulfide) groups is 1. The predicted molar refractivity (Wildman–Crippen MR) is 93.4 cm³/mol. The summed E-state index contributed by atoms with van der Waals surface area (Å²) in [7, 11) is 0. The van der Waals surface area contributed by atoms with Crippen molar-refractivity contribution in [3.8, 4) is 6.07 Å². The molecule has 4 rings (SSSR count). The van der Waals surface area contributed by atoms with E-state index in [0.717, 1.165) is 11.8 Å². The largest absolute Gasteiger partial charge is 0.422 e. The van der Waals surface area contributed by atoms with Crippen LogP contribution in [0.1, 0.15) is 17.0 Å². The Hall–Kier alpha value is -3.04. The van der Waals surface area contributed by atoms with Crippen LogP contribution in [0.15, 0.2) is 73.2 Å². The Morgan fingerprint density at radius 2 is 1.88 bits per heavy atom. The minimum atomic E-state index is -0.886. The third-order valence-electron chi connectivity index (χ3n) is 4.19. The van der Waals surface area contributed by atoms with E-state index in [1.165, 1.54) is 6.07 Å². The quantitative estimate of drug-likeness (QED) is 0.674.